The first kappa shape index (κ1) is 15.2. The van der Waals surface area contributed by atoms with Crippen molar-refractivity contribution in [2.45, 2.75) is 45.7 Å². The molecule has 0 aliphatic carbocycles. The lowest BCUT2D eigenvalue weighted by atomic mass is 9.98. The van der Waals surface area contributed by atoms with Gasteiger partial charge < -0.3 is 10.3 Å². The predicted octanol–water partition coefficient (Wildman–Crippen LogP) is 0.615. The maximum atomic E-state index is 12.1. The van der Waals surface area contributed by atoms with Gasteiger partial charge >= 0.3 is 0 Å². The second-order valence-corrected chi connectivity index (χ2v) is 8.10. The largest absolute Gasteiger partial charge is 0.310 e. The van der Waals surface area contributed by atoms with Crippen LogP contribution in [0.2, 0.25) is 0 Å². The third-order valence-electron chi connectivity index (χ3n) is 3.77. The Bertz CT molecular complexity index is 681. The highest BCUT2D eigenvalue weighted by Gasteiger charge is 2.39. The molecule has 2 heterocycles. The molecule has 1 fully saturated rings. The molecule has 0 aromatic carbocycles. The molecule has 112 valence electrons. The molecule has 2 rings (SSSR count). The fourth-order valence-corrected chi connectivity index (χ4v) is 5.07. The number of nitrogens with zero attached hydrogens (tertiary/aromatic N) is 1. The molecule has 2 N–H and O–H groups in total. The lowest BCUT2D eigenvalue weighted by Crippen LogP contribution is -2.46. The fraction of sp³-hybridized carbons (Fsp3) is 0.692. The molecule has 0 saturated carbocycles. The first-order valence-corrected chi connectivity index (χ1v) is 8.50. The van der Waals surface area contributed by atoms with Crippen LogP contribution in [0, 0.1) is 13.8 Å². The van der Waals surface area contributed by atoms with E-state index in [1.807, 2.05) is 13.8 Å². The van der Waals surface area contributed by atoms with Crippen LogP contribution in [0.5, 0.6) is 0 Å². The zero-order valence-electron chi connectivity index (χ0n) is 12.3. The summed E-state index contributed by atoms with van der Waals surface area (Å²) in [6.45, 7) is 7.29. The van der Waals surface area contributed by atoms with E-state index >= 15 is 0 Å². The standard InChI is InChI=1S/C13H21N3O3S/c1-8-11(12(17)15-10(3)14-8)9(2)16-13(4)5-6-20(18,19)7-13/h9,16H,5-7H2,1-4H3,(H,14,15,17). The maximum absolute atomic E-state index is 12.1. The maximum Gasteiger partial charge on any atom is 0.255 e. The molecule has 1 aliphatic heterocycles. The van der Waals surface area contributed by atoms with E-state index in [0.717, 1.165) is 0 Å². The average molecular weight is 299 g/mol. The number of sulfone groups is 1. The highest BCUT2D eigenvalue weighted by molar-refractivity contribution is 7.91. The van der Waals surface area contributed by atoms with Gasteiger partial charge in [0.15, 0.2) is 9.84 Å². The molecule has 2 atom stereocenters. The Hall–Kier alpha value is -1.21. The smallest absolute Gasteiger partial charge is 0.255 e. The van der Waals surface area contributed by atoms with E-state index in [-0.39, 0.29) is 23.1 Å². The first-order chi connectivity index (χ1) is 9.12. The van der Waals surface area contributed by atoms with Crippen LogP contribution >= 0.6 is 0 Å². The molecule has 1 aromatic rings. The van der Waals surface area contributed by atoms with Crippen LogP contribution in [0.3, 0.4) is 0 Å². The van der Waals surface area contributed by atoms with E-state index in [1.165, 1.54) is 0 Å². The van der Waals surface area contributed by atoms with E-state index in [4.69, 9.17) is 0 Å². The van der Waals surface area contributed by atoms with E-state index in [1.54, 1.807) is 13.8 Å². The van der Waals surface area contributed by atoms with Crippen molar-refractivity contribution in [3.63, 3.8) is 0 Å². The number of nitrogens with one attached hydrogen (secondary N) is 2. The second-order valence-electron chi connectivity index (χ2n) is 5.92. The van der Waals surface area contributed by atoms with Gasteiger partial charge in [-0.1, -0.05) is 0 Å². The molecule has 2 unspecified atom stereocenters. The molecule has 0 spiro atoms. The lowest BCUT2D eigenvalue weighted by molar-refractivity contribution is 0.353. The van der Waals surface area contributed by atoms with Crippen LogP contribution in [0.4, 0.5) is 0 Å². The summed E-state index contributed by atoms with van der Waals surface area (Å²) in [7, 11) is -2.97. The van der Waals surface area contributed by atoms with Gasteiger partial charge in [0.1, 0.15) is 5.82 Å². The fourth-order valence-electron chi connectivity index (χ4n) is 2.96. The van der Waals surface area contributed by atoms with E-state index in [2.05, 4.69) is 15.3 Å². The monoisotopic (exact) mass is 299 g/mol. The number of hydrogen-bond donors (Lipinski definition) is 2. The van der Waals surface area contributed by atoms with Gasteiger partial charge in [-0.15, -0.1) is 0 Å². The van der Waals surface area contributed by atoms with E-state index in [0.29, 0.717) is 23.5 Å². The van der Waals surface area contributed by atoms with E-state index in [9.17, 15) is 13.2 Å². The minimum Gasteiger partial charge on any atom is -0.310 e. The summed E-state index contributed by atoms with van der Waals surface area (Å²) in [6.07, 6.45) is 0.565. The molecule has 20 heavy (non-hydrogen) atoms. The van der Waals surface area contributed by atoms with Crippen LogP contribution in [0.15, 0.2) is 4.79 Å². The topological polar surface area (TPSA) is 91.9 Å². The van der Waals surface area contributed by atoms with Gasteiger partial charge in [-0.05, 0) is 34.1 Å². The van der Waals surface area contributed by atoms with Crippen molar-refractivity contribution < 1.29 is 8.42 Å². The highest BCUT2D eigenvalue weighted by atomic mass is 32.2. The Labute approximate surface area is 118 Å². The quantitative estimate of drug-likeness (QED) is 0.853. The third-order valence-corrected chi connectivity index (χ3v) is 5.67. The Morgan fingerprint density at radius 3 is 2.55 bits per heavy atom. The summed E-state index contributed by atoms with van der Waals surface area (Å²) in [5.41, 5.74) is 0.596. The first-order valence-electron chi connectivity index (χ1n) is 6.67. The van der Waals surface area contributed by atoms with Crippen molar-refractivity contribution in [2.75, 3.05) is 11.5 Å². The molecule has 0 bridgehead atoms. The SMILES string of the molecule is Cc1nc(C)c(C(C)NC2(C)CCS(=O)(=O)C2)c(=O)[nH]1. The van der Waals surface area contributed by atoms with Gasteiger partial charge in [-0.2, -0.15) is 0 Å². The summed E-state index contributed by atoms with van der Waals surface area (Å²) in [6, 6.07) is -0.245. The Morgan fingerprint density at radius 2 is 2.05 bits per heavy atom. The molecule has 6 nitrogen and oxygen atoms in total. The van der Waals surface area contributed by atoms with Gasteiger partial charge in [0.25, 0.3) is 5.56 Å². The zero-order valence-corrected chi connectivity index (χ0v) is 13.1. The number of H-pyrrole nitrogens is 1. The van der Waals surface area contributed by atoms with Crippen molar-refractivity contribution in [1.29, 1.82) is 0 Å². The normalized spacial score (nSPS) is 26.6. The van der Waals surface area contributed by atoms with E-state index < -0.39 is 15.4 Å². The summed E-state index contributed by atoms with van der Waals surface area (Å²) in [4.78, 5) is 19.0. The van der Waals surface area contributed by atoms with Crippen LogP contribution in [0.1, 0.15) is 43.4 Å². The van der Waals surface area contributed by atoms with Crippen molar-refractivity contribution in [2.24, 2.45) is 0 Å². The van der Waals surface area contributed by atoms with Crippen molar-refractivity contribution in [3.05, 3.63) is 27.4 Å². The highest BCUT2D eigenvalue weighted by Crippen LogP contribution is 2.26. The molecule has 0 radical (unpaired) electrons. The summed E-state index contributed by atoms with van der Waals surface area (Å²) < 4.78 is 23.2. The number of aryl methyl sites for hydroxylation is 2. The molecule has 1 aromatic heterocycles. The summed E-state index contributed by atoms with van der Waals surface area (Å²) >= 11 is 0. The number of aromatic amines is 1. The van der Waals surface area contributed by atoms with Crippen molar-refractivity contribution in [3.8, 4) is 0 Å². The third kappa shape index (κ3) is 3.09. The minimum atomic E-state index is -2.97. The van der Waals surface area contributed by atoms with Crippen molar-refractivity contribution in [1.82, 2.24) is 15.3 Å². The lowest BCUT2D eigenvalue weighted by Gasteiger charge is -2.28. The molecule has 1 saturated heterocycles. The predicted molar refractivity (Wildman–Crippen MR) is 77.6 cm³/mol. The molecule has 1 aliphatic rings. The van der Waals surface area contributed by atoms with Gasteiger partial charge in [-0.25, -0.2) is 13.4 Å². The van der Waals surface area contributed by atoms with Gasteiger partial charge in [0, 0.05) is 17.3 Å². The summed E-state index contributed by atoms with van der Waals surface area (Å²) in [5, 5.41) is 3.29. The Morgan fingerprint density at radius 1 is 1.40 bits per heavy atom. The van der Waals surface area contributed by atoms with Crippen LogP contribution in [-0.2, 0) is 9.84 Å². The molecule has 7 heteroatoms. The van der Waals surface area contributed by atoms with Crippen LogP contribution in [0.25, 0.3) is 0 Å². The summed E-state index contributed by atoms with van der Waals surface area (Å²) in [5.74, 6) is 0.892. The average Bonchev–Trinajstić information content (AvgIpc) is 2.50. The number of rotatable bonds is 3. The molecular weight excluding hydrogens is 278 g/mol. The van der Waals surface area contributed by atoms with Crippen LogP contribution in [-0.4, -0.2) is 35.4 Å². The molecule has 0 amide bonds. The van der Waals surface area contributed by atoms with Gasteiger partial charge in [-0.3, -0.25) is 4.79 Å². The second kappa shape index (κ2) is 4.96. The number of hydrogen-bond acceptors (Lipinski definition) is 5. The Balaban J connectivity index is 2.26. The van der Waals surface area contributed by atoms with Crippen LogP contribution < -0.4 is 10.9 Å². The zero-order chi connectivity index (χ0) is 15.1. The minimum absolute atomic E-state index is 0.112. The molecular formula is C13H21N3O3S. The van der Waals surface area contributed by atoms with Crippen molar-refractivity contribution >= 4 is 9.84 Å². The van der Waals surface area contributed by atoms with Gasteiger partial charge in [0.2, 0.25) is 0 Å². The Kier molecular flexibility index (Phi) is 3.77. The van der Waals surface area contributed by atoms with Gasteiger partial charge in [0.05, 0.1) is 17.1 Å². The number of aromatic nitrogens is 2.